The second kappa shape index (κ2) is 2.47. The molecule has 46 valence electrons. The molecule has 1 fully saturated rings. The van der Waals surface area contributed by atoms with Crippen molar-refractivity contribution in [3.05, 3.63) is 9.52 Å². The lowest BCUT2D eigenvalue weighted by atomic mass is 10.4. The Balaban J connectivity index is 2.54. The maximum absolute atomic E-state index is 5.63. The summed E-state index contributed by atoms with van der Waals surface area (Å²) >= 11 is 16.4. The molecule has 1 saturated carbocycles. The Morgan fingerprint density at radius 3 is 1.75 bits per heavy atom. The number of rotatable bonds is 1. The molecule has 0 radical (unpaired) electrons. The summed E-state index contributed by atoms with van der Waals surface area (Å²) in [5, 5.41) is 0.633. The van der Waals surface area contributed by atoms with Crippen molar-refractivity contribution in [2.45, 2.75) is 12.8 Å². The monoisotopic (exact) mass is 170 g/mol. The molecule has 0 saturated heterocycles. The second-order valence-electron chi connectivity index (χ2n) is 1.88. The molecule has 1 aliphatic rings. The van der Waals surface area contributed by atoms with E-state index in [0.717, 1.165) is 12.8 Å². The first-order valence-corrected chi connectivity index (χ1v) is 3.56. The summed E-state index contributed by atoms with van der Waals surface area (Å²) in [4.78, 5) is 0. The Labute approximate surface area is 63.4 Å². The minimum absolute atomic E-state index is 0.231. The number of hydrogen-bond acceptors (Lipinski definition) is 0. The number of halogens is 3. The zero-order valence-corrected chi connectivity index (χ0v) is 6.39. The van der Waals surface area contributed by atoms with Crippen LogP contribution in [0, 0.1) is 5.92 Å². The van der Waals surface area contributed by atoms with Crippen LogP contribution in [0.4, 0.5) is 0 Å². The molecule has 0 bridgehead atoms. The molecule has 3 heteroatoms. The van der Waals surface area contributed by atoms with Crippen LogP contribution in [0.5, 0.6) is 0 Å². The molecule has 0 unspecified atom stereocenters. The number of allylic oxidation sites excluding steroid dienone is 1. The third kappa shape index (κ3) is 1.54. The van der Waals surface area contributed by atoms with Crippen molar-refractivity contribution >= 4 is 34.8 Å². The molecule has 0 aromatic carbocycles. The molecular formula is C5H5Cl3. The molecule has 0 atom stereocenters. The van der Waals surface area contributed by atoms with Crippen LogP contribution in [0.3, 0.4) is 0 Å². The Hall–Kier alpha value is 0.610. The van der Waals surface area contributed by atoms with E-state index < -0.39 is 0 Å². The van der Waals surface area contributed by atoms with Gasteiger partial charge in [-0.1, -0.05) is 34.8 Å². The van der Waals surface area contributed by atoms with Crippen LogP contribution in [0.15, 0.2) is 9.52 Å². The quantitative estimate of drug-likeness (QED) is 0.568. The lowest BCUT2D eigenvalue weighted by Crippen LogP contribution is -1.72. The third-order valence-corrected chi connectivity index (χ3v) is 2.21. The zero-order chi connectivity index (χ0) is 6.15. The van der Waals surface area contributed by atoms with Crippen LogP contribution in [0.2, 0.25) is 0 Å². The molecule has 0 heterocycles. The van der Waals surface area contributed by atoms with E-state index in [4.69, 9.17) is 34.8 Å². The molecule has 0 amide bonds. The van der Waals surface area contributed by atoms with Crippen molar-refractivity contribution in [1.29, 1.82) is 0 Å². The smallest absolute Gasteiger partial charge is 0.0862 e. The molecule has 0 aromatic rings. The van der Waals surface area contributed by atoms with Crippen molar-refractivity contribution in [3.8, 4) is 0 Å². The highest BCUT2D eigenvalue weighted by molar-refractivity contribution is 6.59. The van der Waals surface area contributed by atoms with Gasteiger partial charge < -0.3 is 0 Å². The van der Waals surface area contributed by atoms with Gasteiger partial charge >= 0.3 is 0 Å². The van der Waals surface area contributed by atoms with E-state index in [0.29, 0.717) is 11.0 Å². The number of hydrogen-bond donors (Lipinski definition) is 0. The lowest BCUT2D eigenvalue weighted by Gasteiger charge is -1.89. The molecule has 1 rings (SSSR count). The molecule has 8 heavy (non-hydrogen) atoms. The third-order valence-electron chi connectivity index (χ3n) is 1.12. The van der Waals surface area contributed by atoms with E-state index in [-0.39, 0.29) is 4.49 Å². The first-order chi connectivity index (χ1) is 3.72. The van der Waals surface area contributed by atoms with Crippen LogP contribution in [0.1, 0.15) is 12.8 Å². The molecule has 0 aliphatic heterocycles. The van der Waals surface area contributed by atoms with Crippen LogP contribution in [-0.4, -0.2) is 0 Å². The van der Waals surface area contributed by atoms with E-state index in [9.17, 15) is 0 Å². The van der Waals surface area contributed by atoms with Gasteiger partial charge in [-0.2, -0.15) is 0 Å². The van der Waals surface area contributed by atoms with Crippen molar-refractivity contribution in [1.82, 2.24) is 0 Å². The Bertz CT molecular complexity index is 120. The summed E-state index contributed by atoms with van der Waals surface area (Å²) in [7, 11) is 0. The fourth-order valence-electron chi connectivity index (χ4n) is 0.491. The average molecular weight is 171 g/mol. The summed E-state index contributed by atoms with van der Waals surface area (Å²) in [5.74, 6) is 0.474. The van der Waals surface area contributed by atoms with Crippen LogP contribution in [-0.2, 0) is 0 Å². The molecular weight excluding hydrogens is 166 g/mol. The van der Waals surface area contributed by atoms with E-state index in [1.807, 2.05) is 0 Å². The highest BCUT2D eigenvalue weighted by Crippen LogP contribution is 2.41. The van der Waals surface area contributed by atoms with E-state index in [1.54, 1.807) is 0 Å². The van der Waals surface area contributed by atoms with Gasteiger partial charge in [-0.15, -0.1) is 0 Å². The van der Waals surface area contributed by atoms with Gasteiger partial charge in [-0.05, 0) is 18.8 Å². The summed E-state index contributed by atoms with van der Waals surface area (Å²) in [6.07, 6.45) is 2.28. The second-order valence-corrected chi connectivity index (χ2v) is 3.24. The van der Waals surface area contributed by atoms with Gasteiger partial charge in [-0.25, -0.2) is 0 Å². The first-order valence-electron chi connectivity index (χ1n) is 2.42. The largest absolute Gasteiger partial charge is 0.121 e. The Kier molecular flexibility index (Phi) is 2.07. The van der Waals surface area contributed by atoms with Gasteiger partial charge in [0.1, 0.15) is 4.49 Å². The highest BCUT2D eigenvalue weighted by Gasteiger charge is 2.26. The summed E-state index contributed by atoms with van der Waals surface area (Å²) in [6.45, 7) is 0. The van der Waals surface area contributed by atoms with Crippen LogP contribution < -0.4 is 0 Å². The maximum Gasteiger partial charge on any atom is 0.121 e. The zero-order valence-electron chi connectivity index (χ0n) is 4.13. The highest BCUT2D eigenvalue weighted by atomic mass is 35.5. The fourth-order valence-corrected chi connectivity index (χ4v) is 1.02. The van der Waals surface area contributed by atoms with Gasteiger partial charge in [0.2, 0.25) is 0 Å². The molecule has 0 aromatic heterocycles. The normalized spacial score (nSPS) is 18.4. The lowest BCUT2D eigenvalue weighted by molar-refractivity contribution is 1.09. The van der Waals surface area contributed by atoms with Crippen molar-refractivity contribution < 1.29 is 0 Å². The Morgan fingerprint density at radius 1 is 1.12 bits per heavy atom. The molecule has 0 nitrogen and oxygen atoms in total. The van der Waals surface area contributed by atoms with Crippen LogP contribution >= 0.6 is 34.8 Å². The van der Waals surface area contributed by atoms with Gasteiger partial charge in [0.15, 0.2) is 0 Å². The topological polar surface area (TPSA) is 0 Å². The van der Waals surface area contributed by atoms with Gasteiger partial charge in [0.05, 0.1) is 5.03 Å². The first kappa shape index (κ1) is 6.73. The minimum Gasteiger partial charge on any atom is -0.0862 e. The molecule has 1 aliphatic carbocycles. The van der Waals surface area contributed by atoms with Crippen molar-refractivity contribution in [3.63, 3.8) is 0 Å². The van der Waals surface area contributed by atoms with E-state index in [2.05, 4.69) is 0 Å². The minimum atomic E-state index is 0.231. The van der Waals surface area contributed by atoms with E-state index >= 15 is 0 Å². The predicted octanol–water partition coefficient (Wildman–Crippen LogP) is 3.28. The van der Waals surface area contributed by atoms with Crippen molar-refractivity contribution in [2.24, 2.45) is 5.92 Å². The Morgan fingerprint density at radius 2 is 1.62 bits per heavy atom. The van der Waals surface area contributed by atoms with Crippen LogP contribution in [0.25, 0.3) is 0 Å². The molecule has 0 spiro atoms. The summed E-state index contributed by atoms with van der Waals surface area (Å²) in [5.41, 5.74) is 0. The molecule has 0 N–H and O–H groups in total. The standard InChI is InChI=1S/C5H5Cl3/c6-4(5(7)8)3-1-2-3/h3H,1-2H2. The summed E-state index contributed by atoms with van der Waals surface area (Å²) in [6, 6.07) is 0. The predicted molar refractivity (Wildman–Crippen MR) is 37.3 cm³/mol. The van der Waals surface area contributed by atoms with Crippen molar-refractivity contribution in [2.75, 3.05) is 0 Å². The fraction of sp³-hybridized carbons (Fsp3) is 0.600. The average Bonchev–Trinajstić information content (AvgIpc) is 2.43. The van der Waals surface area contributed by atoms with E-state index in [1.165, 1.54) is 0 Å². The van der Waals surface area contributed by atoms with Gasteiger partial charge in [0, 0.05) is 0 Å². The van der Waals surface area contributed by atoms with Gasteiger partial charge in [0.25, 0.3) is 0 Å². The SMILES string of the molecule is ClC(Cl)=C(Cl)C1CC1. The summed E-state index contributed by atoms with van der Waals surface area (Å²) < 4.78 is 0.231. The maximum atomic E-state index is 5.63. The van der Waals surface area contributed by atoms with Gasteiger partial charge in [-0.3, -0.25) is 0 Å².